The summed E-state index contributed by atoms with van der Waals surface area (Å²) in [6, 6.07) is 11.8. The monoisotopic (exact) mass is 204 g/mol. The van der Waals surface area contributed by atoms with E-state index in [4.69, 9.17) is 0 Å². The third-order valence-electron chi connectivity index (χ3n) is 3.65. The first-order valence-electron chi connectivity index (χ1n) is 6.30. The molecule has 1 aliphatic heterocycles. The average Bonchev–Trinajstić information content (AvgIpc) is 2.33. The van der Waals surface area contributed by atoms with E-state index in [1.807, 2.05) is 0 Å². The standard InChI is InChI=1S/C14H21N/c1-2-13(12-8-4-3-5-9-12)14-10-6-7-11-15-14/h3-5,8-9,13-15H,2,6-7,10-11H2,1H3/p+1/t13-,14-/m0/s1. The van der Waals surface area contributed by atoms with E-state index in [2.05, 4.69) is 42.6 Å². The molecule has 15 heavy (non-hydrogen) atoms. The molecule has 1 heterocycles. The van der Waals surface area contributed by atoms with Gasteiger partial charge in [0.2, 0.25) is 0 Å². The molecule has 2 atom stereocenters. The molecule has 1 heteroatoms. The quantitative estimate of drug-likeness (QED) is 0.778. The predicted molar refractivity (Wildman–Crippen MR) is 63.9 cm³/mol. The Kier molecular flexibility index (Phi) is 3.79. The molecule has 0 saturated carbocycles. The molecule has 0 bridgehead atoms. The molecule has 2 N–H and O–H groups in total. The maximum absolute atomic E-state index is 2.56. The first-order chi connectivity index (χ1) is 7.42. The minimum Gasteiger partial charge on any atom is -0.343 e. The van der Waals surface area contributed by atoms with Crippen molar-refractivity contribution in [2.75, 3.05) is 6.54 Å². The van der Waals surface area contributed by atoms with Crippen LogP contribution < -0.4 is 5.32 Å². The lowest BCUT2D eigenvalue weighted by Gasteiger charge is -2.28. The second-order valence-corrected chi connectivity index (χ2v) is 4.61. The van der Waals surface area contributed by atoms with Crippen LogP contribution in [0.1, 0.15) is 44.1 Å². The van der Waals surface area contributed by atoms with Gasteiger partial charge in [-0.3, -0.25) is 0 Å². The Hall–Kier alpha value is -0.820. The first-order valence-corrected chi connectivity index (χ1v) is 6.30. The third kappa shape index (κ3) is 2.60. The van der Waals surface area contributed by atoms with E-state index < -0.39 is 0 Å². The molecule has 82 valence electrons. The van der Waals surface area contributed by atoms with Gasteiger partial charge >= 0.3 is 0 Å². The van der Waals surface area contributed by atoms with Gasteiger partial charge in [-0.1, -0.05) is 37.3 Å². The van der Waals surface area contributed by atoms with Crippen molar-refractivity contribution in [3.8, 4) is 0 Å². The topological polar surface area (TPSA) is 16.6 Å². The second-order valence-electron chi connectivity index (χ2n) is 4.61. The van der Waals surface area contributed by atoms with Crippen LogP contribution in [0.4, 0.5) is 0 Å². The first kappa shape index (κ1) is 10.7. The van der Waals surface area contributed by atoms with E-state index in [-0.39, 0.29) is 0 Å². The Morgan fingerprint density at radius 3 is 2.67 bits per heavy atom. The molecule has 1 saturated heterocycles. The molecular formula is C14H22N+. The van der Waals surface area contributed by atoms with Crippen molar-refractivity contribution in [1.29, 1.82) is 0 Å². The van der Waals surface area contributed by atoms with E-state index in [0.29, 0.717) is 0 Å². The van der Waals surface area contributed by atoms with Gasteiger partial charge in [0.15, 0.2) is 0 Å². The molecule has 1 aromatic rings. The van der Waals surface area contributed by atoms with Crippen LogP contribution in [0.15, 0.2) is 30.3 Å². The van der Waals surface area contributed by atoms with Gasteiger partial charge in [0.1, 0.15) is 0 Å². The van der Waals surface area contributed by atoms with Crippen LogP contribution in [0.5, 0.6) is 0 Å². The lowest BCUT2D eigenvalue weighted by molar-refractivity contribution is -0.700. The highest BCUT2D eigenvalue weighted by Crippen LogP contribution is 2.25. The smallest absolute Gasteiger partial charge is 0.0928 e. The Labute approximate surface area is 92.9 Å². The number of rotatable bonds is 3. The van der Waals surface area contributed by atoms with Crippen molar-refractivity contribution in [2.24, 2.45) is 0 Å². The zero-order valence-corrected chi connectivity index (χ0v) is 9.65. The largest absolute Gasteiger partial charge is 0.343 e. The lowest BCUT2D eigenvalue weighted by atomic mass is 9.85. The summed E-state index contributed by atoms with van der Waals surface area (Å²) in [4.78, 5) is 0. The van der Waals surface area contributed by atoms with Gasteiger partial charge in [0.05, 0.1) is 12.6 Å². The van der Waals surface area contributed by atoms with Gasteiger partial charge in [-0.15, -0.1) is 0 Å². The van der Waals surface area contributed by atoms with Crippen molar-refractivity contribution < 1.29 is 5.32 Å². The average molecular weight is 204 g/mol. The highest BCUT2D eigenvalue weighted by atomic mass is 14.9. The van der Waals surface area contributed by atoms with Gasteiger partial charge in [-0.05, 0) is 24.8 Å². The zero-order chi connectivity index (χ0) is 10.5. The Balaban J connectivity index is 2.09. The second kappa shape index (κ2) is 5.32. The zero-order valence-electron chi connectivity index (χ0n) is 9.65. The van der Waals surface area contributed by atoms with Crippen molar-refractivity contribution >= 4 is 0 Å². The lowest BCUT2D eigenvalue weighted by Crippen LogP contribution is -2.92. The molecule has 1 aromatic carbocycles. The fourth-order valence-corrected chi connectivity index (χ4v) is 2.83. The molecule has 0 aromatic heterocycles. The molecule has 2 rings (SSSR count). The number of nitrogens with two attached hydrogens (primary N) is 1. The molecule has 0 unspecified atom stereocenters. The number of benzene rings is 1. The van der Waals surface area contributed by atoms with Crippen LogP contribution in [-0.4, -0.2) is 12.6 Å². The number of quaternary nitrogens is 1. The Bertz CT molecular complexity index is 275. The highest BCUT2D eigenvalue weighted by molar-refractivity contribution is 5.20. The summed E-state index contributed by atoms with van der Waals surface area (Å²) in [5.74, 6) is 0.756. The van der Waals surface area contributed by atoms with Gasteiger partial charge in [0, 0.05) is 12.3 Å². The SMILES string of the molecule is CC[C@@H](c1ccccc1)[C@@H]1CCCC[NH2+]1. The summed E-state index contributed by atoms with van der Waals surface area (Å²) in [7, 11) is 0. The summed E-state index contributed by atoms with van der Waals surface area (Å²) < 4.78 is 0. The molecule has 0 aliphatic carbocycles. The number of hydrogen-bond acceptors (Lipinski definition) is 0. The van der Waals surface area contributed by atoms with Crippen LogP contribution in [0, 0.1) is 0 Å². The molecule has 0 spiro atoms. The van der Waals surface area contributed by atoms with Crippen molar-refractivity contribution in [2.45, 2.75) is 44.6 Å². The van der Waals surface area contributed by atoms with E-state index in [0.717, 1.165) is 12.0 Å². The molecule has 1 fully saturated rings. The van der Waals surface area contributed by atoms with Gasteiger partial charge in [0.25, 0.3) is 0 Å². The van der Waals surface area contributed by atoms with Crippen LogP contribution in [0.3, 0.4) is 0 Å². The normalized spacial score (nSPS) is 23.7. The van der Waals surface area contributed by atoms with E-state index >= 15 is 0 Å². The Morgan fingerprint density at radius 2 is 2.07 bits per heavy atom. The third-order valence-corrected chi connectivity index (χ3v) is 3.65. The van der Waals surface area contributed by atoms with Crippen molar-refractivity contribution in [3.05, 3.63) is 35.9 Å². The fourth-order valence-electron chi connectivity index (χ4n) is 2.83. The minimum atomic E-state index is 0.756. The van der Waals surface area contributed by atoms with Gasteiger partial charge in [-0.2, -0.15) is 0 Å². The highest BCUT2D eigenvalue weighted by Gasteiger charge is 2.26. The van der Waals surface area contributed by atoms with E-state index in [1.165, 1.54) is 37.8 Å². The van der Waals surface area contributed by atoms with E-state index in [9.17, 15) is 0 Å². The maximum atomic E-state index is 2.56. The summed E-state index contributed by atoms with van der Waals surface area (Å²) >= 11 is 0. The molecule has 1 aliphatic rings. The number of hydrogen-bond donors (Lipinski definition) is 1. The molecule has 0 radical (unpaired) electrons. The van der Waals surface area contributed by atoms with Gasteiger partial charge in [-0.25, -0.2) is 0 Å². The van der Waals surface area contributed by atoms with Crippen LogP contribution in [-0.2, 0) is 0 Å². The van der Waals surface area contributed by atoms with Crippen LogP contribution in [0.2, 0.25) is 0 Å². The molecule has 0 amide bonds. The number of piperidine rings is 1. The predicted octanol–water partition coefficient (Wildman–Crippen LogP) is 2.30. The fraction of sp³-hybridized carbons (Fsp3) is 0.571. The maximum Gasteiger partial charge on any atom is 0.0928 e. The summed E-state index contributed by atoms with van der Waals surface area (Å²) in [5, 5.41) is 2.56. The van der Waals surface area contributed by atoms with E-state index in [1.54, 1.807) is 0 Å². The molecular weight excluding hydrogens is 182 g/mol. The van der Waals surface area contributed by atoms with Crippen LogP contribution in [0.25, 0.3) is 0 Å². The van der Waals surface area contributed by atoms with Crippen molar-refractivity contribution in [3.63, 3.8) is 0 Å². The molecule has 1 nitrogen and oxygen atoms in total. The Morgan fingerprint density at radius 1 is 1.27 bits per heavy atom. The summed E-state index contributed by atoms with van der Waals surface area (Å²) in [5.41, 5.74) is 1.53. The summed E-state index contributed by atoms with van der Waals surface area (Å²) in [6.07, 6.45) is 5.49. The van der Waals surface area contributed by atoms with Gasteiger partial charge < -0.3 is 5.32 Å². The summed E-state index contributed by atoms with van der Waals surface area (Å²) in [6.45, 7) is 3.65. The van der Waals surface area contributed by atoms with Crippen LogP contribution >= 0.6 is 0 Å². The van der Waals surface area contributed by atoms with Crippen molar-refractivity contribution in [1.82, 2.24) is 0 Å². The minimum absolute atomic E-state index is 0.756.